The summed E-state index contributed by atoms with van der Waals surface area (Å²) in [5.74, 6) is 0.375. The zero-order valence-electron chi connectivity index (χ0n) is 13.9. The number of aromatic nitrogens is 6. The molecule has 1 aliphatic rings. The van der Waals surface area contributed by atoms with Crippen LogP contribution < -0.4 is 0 Å². The van der Waals surface area contributed by atoms with Crippen molar-refractivity contribution in [2.45, 2.75) is 26.3 Å². The number of likely N-dealkylation sites (tertiary alicyclic amines) is 1. The summed E-state index contributed by atoms with van der Waals surface area (Å²) in [6.45, 7) is 4.91. The van der Waals surface area contributed by atoms with E-state index in [4.69, 9.17) is 5.26 Å². The number of nitriles is 1. The van der Waals surface area contributed by atoms with Crippen LogP contribution in [0.5, 0.6) is 0 Å². The lowest BCUT2D eigenvalue weighted by Crippen LogP contribution is -2.30. The molecule has 25 heavy (non-hydrogen) atoms. The van der Waals surface area contributed by atoms with E-state index in [1.165, 1.54) is 6.20 Å². The molecule has 0 aromatic carbocycles. The second-order valence-corrected chi connectivity index (χ2v) is 6.20. The molecule has 4 heterocycles. The highest BCUT2D eigenvalue weighted by atomic mass is 16.2. The molecule has 1 atom stereocenters. The fraction of sp³-hybridized carbons (Fsp3) is 0.375. The van der Waals surface area contributed by atoms with Gasteiger partial charge in [-0.25, -0.2) is 9.50 Å². The first-order valence-corrected chi connectivity index (χ1v) is 7.99. The molecule has 0 radical (unpaired) electrons. The third-order valence-electron chi connectivity index (χ3n) is 4.36. The number of amides is 1. The van der Waals surface area contributed by atoms with Crippen LogP contribution in [0.15, 0.2) is 18.5 Å². The van der Waals surface area contributed by atoms with Crippen LogP contribution in [0.4, 0.5) is 0 Å². The van der Waals surface area contributed by atoms with Gasteiger partial charge in [-0.3, -0.25) is 9.48 Å². The van der Waals surface area contributed by atoms with Gasteiger partial charge in [0.15, 0.2) is 0 Å². The van der Waals surface area contributed by atoms with Crippen molar-refractivity contribution >= 4 is 11.7 Å². The van der Waals surface area contributed by atoms with Crippen LogP contribution in [0.1, 0.15) is 40.0 Å². The van der Waals surface area contributed by atoms with Crippen LogP contribution >= 0.6 is 0 Å². The van der Waals surface area contributed by atoms with E-state index in [0.717, 1.165) is 17.8 Å². The SMILES string of the molecule is Cc1cc(C)n2nc(C(=O)N3CCC(n4cc(C#N)cn4)C3)nc2n1. The minimum absolute atomic E-state index is 0.0604. The fourth-order valence-corrected chi connectivity index (χ4v) is 3.14. The summed E-state index contributed by atoms with van der Waals surface area (Å²) in [7, 11) is 0. The van der Waals surface area contributed by atoms with Crippen molar-refractivity contribution in [1.82, 2.24) is 34.3 Å². The average Bonchev–Trinajstić information content (AvgIpc) is 3.31. The number of carbonyl (C=O) groups is 1. The highest BCUT2D eigenvalue weighted by molar-refractivity contribution is 5.91. The van der Waals surface area contributed by atoms with E-state index in [9.17, 15) is 4.79 Å². The molecule has 3 aromatic rings. The predicted molar refractivity (Wildman–Crippen MR) is 86.8 cm³/mol. The van der Waals surface area contributed by atoms with Gasteiger partial charge in [0.05, 0.1) is 17.8 Å². The van der Waals surface area contributed by atoms with Crippen LogP contribution in [0, 0.1) is 25.2 Å². The van der Waals surface area contributed by atoms with Gasteiger partial charge in [-0.1, -0.05) is 0 Å². The Kier molecular flexibility index (Phi) is 3.46. The highest BCUT2D eigenvalue weighted by Gasteiger charge is 2.30. The predicted octanol–water partition coefficient (Wildman–Crippen LogP) is 0.897. The Labute approximate surface area is 143 Å². The molecule has 0 spiro atoms. The van der Waals surface area contributed by atoms with Crippen molar-refractivity contribution in [1.29, 1.82) is 5.26 Å². The van der Waals surface area contributed by atoms with Crippen molar-refractivity contribution in [3.63, 3.8) is 0 Å². The standard InChI is InChI=1S/C16H16N8O/c1-10-5-11(2)24-16(19-10)20-14(21-24)15(25)22-4-3-13(9-22)23-8-12(6-17)7-18-23/h5,7-8,13H,3-4,9H2,1-2H3. The molecule has 1 unspecified atom stereocenters. The Morgan fingerprint density at radius 1 is 1.36 bits per heavy atom. The maximum atomic E-state index is 12.7. The molecule has 4 rings (SSSR count). The number of hydrogen-bond acceptors (Lipinski definition) is 6. The zero-order valence-corrected chi connectivity index (χ0v) is 13.9. The summed E-state index contributed by atoms with van der Waals surface area (Å²) in [6, 6.07) is 4.02. The summed E-state index contributed by atoms with van der Waals surface area (Å²) in [6.07, 6.45) is 4.02. The molecular formula is C16H16N8O. The minimum Gasteiger partial charge on any atom is -0.334 e. The smallest absolute Gasteiger partial charge is 0.293 e. The van der Waals surface area contributed by atoms with E-state index in [-0.39, 0.29) is 17.8 Å². The molecule has 1 saturated heterocycles. The van der Waals surface area contributed by atoms with E-state index in [1.807, 2.05) is 19.9 Å². The number of carbonyl (C=O) groups excluding carboxylic acids is 1. The quantitative estimate of drug-likeness (QED) is 0.688. The summed E-state index contributed by atoms with van der Waals surface area (Å²) in [5, 5.41) is 17.4. The first kappa shape index (κ1) is 15.3. The second kappa shape index (κ2) is 5.66. The number of aryl methyl sites for hydroxylation is 2. The van der Waals surface area contributed by atoms with Crippen LogP contribution in [-0.4, -0.2) is 53.3 Å². The maximum Gasteiger partial charge on any atom is 0.293 e. The van der Waals surface area contributed by atoms with Gasteiger partial charge in [0.2, 0.25) is 5.82 Å². The molecule has 1 aliphatic heterocycles. The maximum absolute atomic E-state index is 12.7. The zero-order chi connectivity index (χ0) is 17.6. The Morgan fingerprint density at radius 2 is 2.20 bits per heavy atom. The second-order valence-electron chi connectivity index (χ2n) is 6.20. The Hall–Kier alpha value is -3.28. The molecule has 1 fully saturated rings. The lowest BCUT2D eigenvalue weighted by molar-refractivity contribution is 0.0775. The Bertz CT molecular complexity index is 1010. The molecule has 1 amide bonds. The van der Waals surface area contributed by atoms with Gasteiger partial charge < -0.3 is 4.90 Å². The molecule has 0 bridgehead atoms. The van der Waals surface area contributed by atoms with E-state index in [2.05, 4.69) is 26.2 Å². The van der Waals surface area contributed by atoms with E-state index < -0.39 is 0 Å². The lowest BCUT2D eigenvalue weighted by Gasteiger charge is -2.14. The van der Waals surface area contributed by atoms with Crippen LogP contribution in [0.3, 0.4) is 0 Å². The van der Waals surface area contributed by atoms with Gasteiger partial charge in [-0.2, -0.15) is 15.3 Å². The first-order valence-electron chi connectivity index (χ1n) is 7.99. The summed E-state index contributed by atoms with van der Waals surface area (Å²) in [4.78, 5) is 23.0. The van der Waals surface area contributed by atoms with Crippen LogP contribution in [0.2, 0.25) is 0 Å². The van der Waals surface area contributed by atoms with E-state index >= 15 is 0 Å². The van der Waals surface area contributed by atoms with Crippen molar-refractivity contribution in [3.05, 3.63) is 41.2 Å². The van der Waals surface area contributed by atoms with Crippen molar-refractivity contribution in [2.75, 3.05) is 13.1 Å². The Balaban J connectivity index is 1.56. The minimum atomic E-state index is -0.210. The van der Waals surface area contributed by atoms with Crippen LogP contribution in [-0.2, 0) is 0 Å². The molecule has 9 nitrogen and oxygen atoms in total. The van der Waals surface area contributed by atoms with Gasteiger partial charge >= 0.3 is 0 Å². The van der Waals surface area contributed by atoms with Gasteiger partial charge in [-0.05, 0) is 26.3 Å². The van der Waals surface area contributed by atoms with Gasteiger partial charge in [0.25, 0.3) is 11.7 Å². The van der Waals surface area contributed by atoms with Crippen molar-refractivity contribution in [3.8, 4) is 6.07 Å². The average molecular weight is 336 g/mol. The largest absolute Gasteiger partial charge is 0.334 e. The number of nitrogens with zero attached hydrogens (tertiary/aromatic N) is 8. The molecule has 9 heteroatoms. The summed E-state index contributed by atoms with van der Waals surface area (Å²) in [5.41, 5.74) is 2.24. The summed E-state index contributed by atoms with van der Waals surface area (Å²) < 4.78 is 3.33. The third kappa shape index (κ3) is 2.61. The first-order chi connectivity index (χ1) is 12.0. The normalized spacial score (nSPS) is 17.2. The summed E-state index contributed by atoms with van der Waals surface area (Å²) >= 11 is 0. The Morgan fingerprint density at radius 3 is 2.96 bits per heavy atom. The molecule has 0 N–H and O–H groups in total. The number of fused-ring (bicyclic) bond motifs is 1. The third-order valence-corrected chi connectivity index (χ3v) is 4.36. The van der Waals surface area contributed by atoms with Gasteiger partial charge in [0, 0.05) is 30.7 Å². The number of hydrogen-bond donors (Lipinski definition) is 0. The molecule has 3 aromatic heterocycles. The topological polar surface area (TPSA) is 105 Å². The lowest BCUT2D eigenvalue weighted by atomic mass is 10.3. The molecular weight excluding hydrogens is 320 g/mol. The molecule has 126 valence electrons. The monoisotopic (exact) mass is 336 g/mol. The molecule has 0 saturated carbocycles. The molecule has 0 aliphatic carbocycles. The number of rotatable bonds is 2. The fourth-order valence-electron chi connectivity index (χ4n) is 3.14. The van der Waals surface area contributed by atoms with Gasteiger partial charge in [0.1, 0.15) is 6.07 Å². The van der Waals surface area contributed by atoms with Crippen LogP contribution in [0.25, 0.3) is 5.78 Å². The van der Waals surface area contributed by atoms with Gasteiger partial charge in [-0.15, -0.1) is 5.10 Å². The van der Waals surface area contributed by atoms with E-state index in [0.29, 0.717) is 24.4 Å². The van der Waals surface area contributed by atoms with E-state index in [1.54, 1.807) is 20.3 Å². The van der Waals surface area contributed by atoms with Crippen molar-refractivity contribution < 1.29 is 4.79 Å². The van der Waals surface area contributed by atoms with Crippen molar-refractivity contribution in [2.24, 2.45) is 0 Å². The highest BCUT2D eigenvalue weighted by Crippen LogP contribution is 2.22.